The van der Waals surface area contributed by atoms with E-state index in [0.717, 1.165) is 4.18 Å². The molecule has 0 saturated carbocycles. The first kappa shape index (κ1) is 23.0. The van der Waals surface area contributed by atoms with E-state index in [2.05, 4.69) is 98.8 Å². The van der Waals surface area contributed by atoms with Crippen molar-refractivity contribution in [1.29, 1.82) is 0 Å². The van der Waals surface area contributed by atoms with Crippen molar-refractivity contribution in [2.45, 2.75) is 18.5 Å². The molecule has 5 rings (SSSR count). The van der Waals surface area contributed by atoms with Crippen molar-refractivity contribution in [3.05, 3.63) is 101 Å². The minimum absolute atomic E-state index is 0. The van der Waals surface area contributed by atoms with Gasteiger partial charge in [-0.1, -0.05) is 0 Å². The van der Waals surface area contributed by atoms with Crippen molar-refractivity contribution in [2.24, 2.45) is 0 Å². The van der Waals surface area contributed by atoms with E-state index < -0.39 is 15.9 Å². The number of hydrogen-bond donors (Lipinski definition) is 0. The summed E-state index contributed by atoms with van der Waals surface area (Å²) >= 11 is -3.97. The fourth-order valence-corrected chi connectivity index (χ4v) is 32.4. The zero-order chi connectivity index (χ0) is 18.7. The third kappa shape index (κ3) is 3.27. The summed E-state index contributed by atoms with van der Waals surface area (Å²) in [4.78, 5) is 0. The third-order valence-corrected chi connectivity index (χ3v) is 43.7. The van der Waals surface area contributed by atoms with Crippen molar-refractivity contribution in [1.82, 2.24) is 0 Å². The van der Waals surface area contributed by atoms with Gasteiger partial charge in [-0.05, 0) is 0 Å². The molecule has 0 saturated heterocycles. The van der Waals surface area contributed by atoms with Gasteiger partial charge in [0.2, 0.25) is 0 Å². The smallest absolute Gasteiger partial charge is 0.147 e. The van der Waals surface area contributed by atoms with E-state index in [4.69, 9.17) is 8.58 Å². The normalized spacial score (nSPS) is 17.0. The summed E-state index contributed by atoms with van der Waals surface area (Å²) in [6.07, 6.45) is 4.72. The summed E-state index contributed by atoms with van der Waals surface area (Å²) in [5.41, 5.74) is 8.49. The summed E-state index contributed by atoms with van der Waals surface area (Å²) in [7, 11) is 8.06. The zero-order valence-electron chi connectivity index (χ0n) is 16.3. The van der Waals surface area contributed by atoms with Crippen molar-refractivity contribution in [3.63, 3.8) is 0 Å². The van der Waals surface area contributed by atoms with Crippen molar-refractivity contribution >= 4 is 46.4 Å². The van der Waals surface area contributed by atoms with Gasteiger partial charge in [0.05, 0.1) is 0 Å². The first-order chi connectivity index (χ1) is 13.0. The van der Waals surface area contributed by atoms with Gasteiger partial charge in [-0.3, -0.25) is 0 Å². The van der Waals surface area contributed by atoms with Crippen LogP contribution in [-0.2, 0) is 15.9 Å². The molecule has 0 amide bonds. The predicted octanol–water partition coefficient (Wildman–Crippen LogP) is 7.20. The van der Waals surface area contributed by atoms with Crippen LogP contribution >= 0.6 is 33.4 Å². The summed E-state index contributed by atoms with van der Waals surface area (Å²) in [6.45, 7) is 4.56. The minimum Gasteiger partial charge on any atom is -0.147 e. The third-order valence-electron chi connectivity index (χ3n) is 6.85. The van der Waals surface area contributed by atoms with Gasteiger partial charge < -0.3 is 0 Å². The zero-order valence-corrected chi connectivity index (χ0v) is 23.7. The molecule has 0 aliphatic heterocycles. The first-order valence-electron chi connectivity index (χ1n) is 9.73. The Bertz CT molecular complexity index is 1120. The van der Waals surface area contributed by atoms with Crippen molar-refractivity contribution < 1.29 is 15.9 Å². The molecule has 2 aliphatic carbocycles. The molecule has 2 aliphatic rings. The van der Waals surface area contributed by atoms with Crippen LogP contribution in [0.1, 0.15) is 36.5 Å². The number of halogens is 3. The van der Waals surface area contributed by atoms with E-state index >= 15 is 0 Å². The Hall–Kier alpha value is -0.643. The Morgan fingerprint density at radius 3 is 1.83 bits per heavy atom. The SMILES string of the molecule is C[CH2][Hf](=[SiH2])([Cl])([CH]1C=Cc2ccccc21)[CH]1c2ccccc2-c2ccccc21.Cl.Cl. The van der Waals surface area contributed by atoms with Gasteiger partial charge in [0.1, 0.15) is 0 Å². The minimum atomic E-state index is -3.97. The second-order valence-electron chi connectivity index (χ2n) is 8.15. The number of hydrogen-bond acceptors (Lipinski definition) is 0. The molecular weight excluding hydrogens is 601 g/mol. The Labute approximate surface area is 191 Å². The number of allylic oxidation sites excluding steroid dienone is 1. The van der Waals surface area contributed by atoms with Gasteiger partial charge in [-0.2, -0.15) is 0 Å². The van der Waals surface area contributed by atoms with Crippen LogP contribution in [0.2, 0.25) is 4.18 Å². The second kappa shape index (κ2) is 8.13. The summed E-state index contributed by atoms with van der Waals surface area (Å²) in [5, 5.41) is 0. The fraction of sp³-hybridized carbons (Fsp3) is 0.167. The molecule has 1 atom stereocenters. The molecule has 0 heterocycles. The molecule has 0 fully saturated rings. The van der Waals surface area contributed by atoms with Gasteiger partial charge >= 0.3 is 168 Å². The second-order valence-corrected chi connectivity index (χ2v) is 52.6. The van der Waals surface area contributed by atoms with E-state index in [0.29, 0.717) is 7.35 Å². The maximum atomic E-state index is 8.06. The maximum absolute atomic E-state index is 8.06. The average molecular weight is 626 g/mol. The number of benzene rings is 3. The van der Waals surface area contributed by atoms with Crippen LogP contribution in [0.25, 0.3) is 17.2 Å². The Kier molecular flexibility index (Phi) is 6.45. The molecule has 0 bridgehead atoms. The molecule has 3 aromatic carbocycles. The van der Waals surface area contributed by atoms with Crippen LogP contribution in [0.4, 0.5) is 0 Å². The van der Waals surface area contributed by atoms with E-state index in [1.165, 1.54) is 33.4 Å². The molecule has 150 valence electrons. The molecule has 0 aromatic heterocycles. The molecule has 0 radical (unpaired) electrons. The van der Waals surface area contributed by atoms with Crippen LogP contribution in [0.15, 0.2) is 78.9 Å². The first-order valence-corrected chi connectivity index (χ1v) is 29.2. The van der Waals surface area contributed by atoms with Crippen LogP contribution in [0.3, 0.4) is 0 Å². The van der Waals surface area contributed by atoms with Crippen LogP contribution in [0, 0.1) is 0 Å². The predicted molar refractivity (Wildman–Crippen MR) is 131 cm³/mol. The van der Waals surface area contributed by atoms with Gasteiger partial charge in [-0.15, -0.1) is 24.8 Å². The monoisotopic (exact) mass is 626 g/mol. The molecule has 5 heteroatoms. The van der Waals surface area contributed by atoms with E-state index in [-0.39, 0.29) is 24.8 Å². The molecule has 0 N–H and O–H groups in total. The van der Waals surface area contributed by atoms with Crippen molar-refractivity contribution in [3.8, 4) is 11.1 Å². The quantitative estimate of drug-likeness (QED) is 0.270. The van der Waals surface area contributed by atoms with Gasteiger partial charge in [0.15, 0.2) is 0 Å². The maximum Gasteiger partial charge on any atom is -0.147 e. The van der Waals surface area contributed by atoms with Gasteiger partial charge in [0.25, 0.3) is 0 Å². The molecule has 0 nitrogen and oxygen atoms in total. The van der Waals surface area contributed by atoms with Crippen LogP contribution in [0.5, 0.6) is 0 Å². The van der Waals surface area contributed by atoms with E-state index in [9.17, 15) is 0 Å². The average Bonchev–Trinajstić information content (AvgIpc) is 3.29. The number of fused-ring (bicyclic) bond motifs is 4. The van der Waals surface area contributed by atoms with Gasteiger partial charge in [-0.25, -0.2) is 0 Å². The van der Waals surface area contributed by atoms with Crippen LogP contribution < -0.4 is 0 Å². The van der Waals surface area contributed by atoms with Crippen LogP contribution in [-0.4, -0.2) is 6.94 Å². The number of rotatable bonds is 3. The van der Waals surface area contributed by atoms with Crippen molar-refractivity contribution in [2.75, 3.05) is 0 Å². The summed E-state index contributed by atoms with van der Waals surface area (Å²) < 4.78 is 1.88. The summed E-state index contributed by atoms with van der Waals surface area (Å²) in [5.74, 6) is 0. The standard InChI is InChI=1S/C13H9.C9H7.C2H5.3ClH.Hf.H2Si/c1-3-7-12-10(5-1)9-11-6-2-4-8-13(11)12;1-2-5-9-7-3-6-8(9)4-1;1-2;;;;;/h1-9H;1-7H;1H2,2H3;3*1H;;1H2/q;;;;;;+1;/p-1. The fourth-order valence-electron chi connectivity index (χ4n) is 5.34. The largest absolute Gasteiger partial charge is 0.147 e. The molecule has 3 aromatic rings. The summed E-state index contributed by atoms with van der Waals surface area (Å²) in [6, 6.07) is 26.7. The Morgan fingerprint density at radius 1 is 0.793 bits per heavy atom. The van der Waals surface area contributed by atoms with E-state index in [1.807, 2.05) is 0 Å². The topological polar surface area (TPSA) is 0 Å². The Balaban J connectivity index is 0.00000120. The molecule has 29 heavy (non-hydrogen) atoms. The van der Waals surface area contributed by atoms with E-state index in [1.54, 1.807) is 0 Å². The van der Waals surface area contributed by atoms with Gasteiger partial charge in [0, 0.05) is 0 Å². The molecular formula is C24H25Cl3HfSi. The Morgan fingerprint density at radius 2 is 1.28 bits per heavy atom. The molecule has 1 unspecified atom stereocenters. The molecule has 0 spiro atoms.